The molecule has 3 heterocycles. The summed E-state index contributed by atoms with van der Waals surface area (Å²) in [6.45, 7) is 2.04. The zero-order valence-corrected chi connectivity index (χ0v) is 19.5. The Morgan fingerprint density at radius 3 is 2.69 bits per heavy atom. The highest BCUT2D eigenvalue weighted by Crippen LogP contribution is 2.43. The van der Waals surface area contributed by atoms with Crippen molar-refractivity contribution in [1.82, 2.24) is 10.3 Å². The van der Waals surface area contributed by atoms with Gasteiger partial charge >= 0.3 is 0 Å². The molecule has 1 fully saturated rings. The Hall–Kier alpha value is -3.03. The Morgan fingerprint density at radius 1 is 1.06 bits per heavy atom. The average molecular weight is 508 g/mol. The summed E-state index contributed by atoms with van der Waals surface area (Å²) in [5.41, 5.74) is 3.34. The molecule has 1 aliphatic rings. The van der Waals surface area contributed by atoms with Crippen LogP contribution in [0.5, 0.6) is 0 Å². The first-order valence-electron chi connectivity index (χ1n) is 10.1. The molecule has 5 rings (SSSR count). The maximum atomic E-state index is 14.6. The fourth-order valence-corrected chi connectivity index (χ4v) is 4.72. The average Bonchev–Trinajstić information content (AvgIpc) is 3.39. The number of furan rings is 1. The minimum atomic E-state index is -0.350. The van der Waals surface area contributed by atoms with Crippen molar-refractivity contribution in [2.45, 2.75) is 19.0 Å². The smallest absolute Gasteiger partial charge is 0.174 e. The third-order valence-electron chi connectivity index (χ3n) is 5.49. The highest BCUT2D eigenvalue weighted by molar-refractivity contribution is 9.10. The van der Waals surface area contributed by atoms with Crippen molar-refractivity contribution in [2.24, 2.45) is 0 Å². The number of aromatic nitrogens is 1. The monoisotopic (exact) mass is 507 g/mol. The van der Waals surface area contributed by atoms with Crippen LogP contribution in [-0.2, 0) is 0 Å². The first kappa shape index (κ1) is 20.8. The van der Waals surface area contributed by atoms with Gasteiger partial charge in [-0.15, -0.1) is 0 Å². The number of anilines is 1. The summed E-state index contributed by atoms with van der Waals surface area (Å²) in [5.74, 6) is 0.788. The summed E-state index contributed by atoms with van der Waals surface area (Å²) >= 11 is 9.04. The minimum absolute atomic E-state index is 0.224. The van der Waals surface area contributed by atoms with Crippen molar-refractivity contribution in [2.75, 3.05) is 4.90 Å². The molecule has 160 valence electrons. The van der Waals surface area contributed by atoms with Gasteiger partial charge in [0.2, 0.25) is 0 Å². The summed E-state index contributed by atoms with van der Waals surface area (Å²) in [4.78, 5) is 6.59. The molecule has 4 nitrogen and oxygen atoms in total. The van der Waals surface area contributed by atoms with E-state index in [-0.39, 0.29) is 17.9 Å². The zero-order valence-electron chi connectivity index (χ0n) is 17.1. The molecule has 1 saturated heterocycles. The van der Waals surface area contributed by atoms with Crippen molar-refractivity contribution in [3.8, 4) is 11.3 Å². The number of aryl methyl sites for hydroxylation is 1. The number of benzene rings is 2. The predicted molar refractivity (Wildman–Crippen MR) is 131 cm³/mol. The highest BCUT2D eigenvalue weighted by atomic mass is 79.9. The number of nitrogens with one attached hydrogen (secondary N) is 1. The third-order valence-corrected chi connectivity index (χ3v) is 6.30. The second kappa shape index (κ2) is 8.48. The van der Waals surface area contributed by atoms with Crippen LogP contribution in [0.25, 0.3) is 11.3 Å². The van der Waals surface area contributed by atoms with Crippen molar-refractivity contribution < 1.29 is 8.81 Å². The van der Waals surface area contributed by atoms with Crippen molar-refractivity contribution in [3.63, 3.8) is 0 Å². The van der Waals surface area contributed by atoms with E-state index in [4.69, 9.17) is 16.6 Å². The standard InChI is InChI=1S/C25H19BrFN3OS/c1-15-5-4-6-17(13-15)30-24(23(29-25(30)32)20-7-2-3-12-28-20)22-11-10-21(31-22)18-9-8-16(26)14-19(18)27/h2-14,23-24H,1H3,(H,29,32)/t23-,24+/m1/s1. The lowest BCUT2D eigenvalue weighted by molar-refractivity contribution is 0.438. The number of pyridine rings is 1. The van der Waals surface area contributed by atoms with Crippen LogP contribution in [0, 0.1) is 12.7 Å². The molecule has 7 heteroatoms. The minimum Gasteiger partial charge on any atom is -0.459 e. The molecule has 2 atom stereocenters. The van der Waals surface area contributed by atoms with Gasteiger partial charge in [0, 0.05) is 16.4 Å². The van der Waals surface area contributed by atoms with Crippen LogP contribution in [0.3, 0.4) is 0 Å². The van der Waals surface area contributed by atoms with E-state index < -0.39 is 0 Å². The number of hydrogen-bond donors (Lipinski definition) is 1. The predicted octanol–water partition coefficient (Wildman–Crippen LogP) is 6.73. The van der Waals surface area contributed by atoms with E-state index in [0.29, 0.717) is 26.7 Å². The maximum absolute atomic E-state index is 14.6. The van der Waals surface area contributed by atoms with Crippen LogP contribution in [-0.4, -0.2) is 10.1 Å². The van der Waals surface area contributed by atoms with Gasteiger partial charge in [0.15, 0.2) is 5.11 Å². The maximum Gasteiger partial charge on any atom is 0.174 e. The van der Waals surface area contributed by atoms with Gasteiger partial charge in [-0.25, -0.2) is 4.39 Å². The third kappa shape index (κ3) is 3.82. The second-order valence-corrected chi connectivity index (χ2v) is 8.96. The summed E-state index contributed by atoms with van der Waals surface area (Å²) < 4.78 is 21.5. The summed E-state index contributed by atoms with van der Waals surface area (Å²) in [6, 6.07) is 22.0. The van der Waals surface area contributed by atoms with E-state index >= 15 is 0 Å². The van der Waals surface area contributed by atoms with Crippen LogP contribution in [0.4, 0.5) is 10.1 Å². The Kier molecular flexibility index (Phi) is 5.53. The van der Waals surface area contributed by atoms with Gasteiger partial charge in [-0.1, -0.05) is 34.1 Å². The molecule has 1 aliphatic heterocycles. The van der Waals surface area contributed by atoms with Crippen LogP contribution >= 0.6 is 28.1 Å². The highest BCUT2D eigenvalue weighted by Gasteiger charge is 2.42. The Bertz CT molecular complexity index is 1290. The summed E-state index contributed by atoms with van der Waals surface area (Å²) in [5, 5.41) is 4.00. The molecule has 1 N–H and O–H groups in total. The normalized spacial score (nSPS) is 18.1. The molecule has 0 radical (unpaired) electrons. The molecular formula is C25H19BrFN3OS. The largest absolute Gasteiger partial charge is 0.459 e. The number of halogens is 2. The molecule has 2 aromatic heterocycles. The molecule has 0 amide bonds. The lowest BCUT2D eigenvalue weighted by Gasteiger charge is -2.26. The number of hydrogen-bond acceptors (Lipinski definition) is 3. The van der Waals surface area contributed by atoms with E-state index in [2.05, 4.69) is 32.3 Å². The number of thiocarbonyl (C=S) groups is 1. The fraction of sp³-hybridized carbons (Fsp3) is 0.120. The Labute approximate surface area is 199 Å². The van der Waals surface area contributed by atoms with Crippen molar-refractivity contribution >= 4 is 38.9 Å². The van der Waals surface area contributed by atoms with E-state index in [0.717, 1.165) is 16.9 Å². The second-order valence-electron chi connectivity index (χ2n) is 7.66. The molecule has 2 aromatic carbocycles. The first-order valence-corrected chi connectivity index (χ1v) is 11.3. The molecular weight excluding hydrogens is 489 g/mol. The van der Waals surface area contributed by atoms with Crippen LogP contribution < -0.4 is 10.2 Å². The van der Waals surface area contributed by atoms with Crippen molar-refractivity contribution in [3.05, 3.63) is 106 Å². The van der Waals surface area contributed by atoms with Gasteiger partial charge in [0.1, 0.15) is 23.4 Å². The lowest BCUT2D eigenvalue weighted by atomic mass is 10.0. The van der Waals surface area contributed by atoms with Crippen LogP contribution in [0.15, 0.2) is 87.9 Å². The van der Waals surface area contributed by atoms with Gasteiger partial charge in [-0.2, -0.15) is 0 Å². The lowest BCUT2D eigenvalue weighted by Crippen LogP contribution is -2.29. The van der Waals surface area contributed by atoms with Gasteiger partial charge in [0.25, 0.3) is 0 Å². The van der Waals surface area contributed by atoms with Crippen LogP contribution in [0.1, 0.15) is 29.1 Å². The molecule has 0 bridgehead atoms. The van der Waals surface area contributed by atoms with Gasteiger partial charge in [0.05, 0.1) is 17.3 Å². The topological polar surface area (TPSA) is 41.3 Å². The van der Waals surface area contributed by atoms with Gasteiger partial charge in [-0.05, 0) is 79.3 Å². The molecule has 0 saturated carbocycles. The number of rotatable bonds is 4. The van der Waals surface area contributed by atoms with Crippen molar-refractivity contribution in [1.29, 1.82) is 0 Å². The Balaban J connectivity index is 1.61. The fourth-order valence-electron chi connectivity index (χ4n) is 4.05. The molecule has 0 spiro atoms. The molecule has 4 aromatic rings. The van der Waals surface area contributed by atoms with E-state index in [9.17, 15) is 4.39 Å². The quantitative estimate of drug-likeness (QED) is 0.310. The molecule has 32 heavy (non-hydrogen) atoms. The van der Waals surface area contributed by atoms with Gasteiger partial charge in [-0.3, -0.25) is 4.98 Å². The zero-order chi connectivity index (χ0) is 22.2. The van der Waals surface area contributed by atoms with E-state index in [1.165, 1.54) is 6.07 Å². The number of nitrogens with zero attached hydrogens (tertiary/aromatic N) is 2. The first-order chi connectivity index (χ1) is 15.5. The van der Waals surface area contributed by atoms with Gasteiger partial charge < -0.3 is 14.6 Å². The van der Waals surface area contributed by atoms with E-state index in [1.54, 1.807) is 24.4 Å². The van der Waals surface area contributed by atoms with E-state index in [1.807, 2.05) is 54.3 Å². The summed E-state index contributed by atoms with van der Waals surface area (Å²) in [6.07, 6.45) is 1.76. The summed E-state index contributed by atoms with van der Waals surface area (Å²) in [7, 11) is 0. The molecule has 0 unspecified atom stereocenters. The SMILES string of the molecule is Cc1cccc(N2C(=S)N[C@H](c3ccccn3)[C@@H]2c2ccc(-c3ccc(Br)cc3F)o2)c1. The molecule has 0 aliphatic carbocycles. The Morgan fingerprint density at radius 2 is 1.94 bits per heavy atom. The van der Waals surface area contributed by atoms with Crippen LogP contribution in [0.2, 0.25) is 0 Å².